The summed E-state index contributed by atoms with van der Waals surface area (Å²) < 4.78 is 43.4. The van der Waals surface area contributed by atoms with Crippen LogP contribution in [0.5, 0.6) is 17.2 Å². The molecule has 0 bridgehead atoms. The van der Waals surface area contributed by atoms with Crippen molar-refractivity contribution < 1.29 is 27.8 Å². The van der Waals surface area contributed by atoms with Gasteiger partial charge in [0.25, 0.3) is 5.91 Å². The number of hydrogen-bond donors (Lipinski definition) is 1. The van der Waals surface area contributed by atoms with E-state index in [2.05, 4.69) is 10.2 Å². The SMILES string of the molecule is COc1ccc(CN(CC(Oc2ccc(F)cc2)C(=O)NCc2ccc(F)cc2)C(C)C)cc1OC. The summed E-state index contributed by atoms with van der Waals surface area (Å²) in [6, 6.07) is 17.2. The fraction of sp³-hybridized carbons (Fsp3) is 0.321. The van der Waals surface area contributed by atoms with Gasteiger partial charge in [-0.25, -0.2) is 8.78 Å². The van der Waals surface area contributed by atoms with E-state index in [4.69, 9.17) is 14.2 Å². The van der Waals surface area contributed by atoms with Gasteiger partial charge in [-0.3, -0.25) is 9.69 Å². The molecule has 192 valence electrons. The smallest absolute Gasteiger partial charge is 0.262 e. The second kappa shape index (κ2) is 12.9. The Kier molecular flexibility index (Phi) is 9.64. The molecule has 0 aliphatic heterocycles. The number of nitrogens with zero attached hydrogens (tertiary/aromatic N) is 1. The first kappa shape index (κ1) is 26.9. The minimum atomic E-state index is -0.876. The van der Waals surface area contributed by atoms with Gasteiger partial charge in [-0.05, 0) is 73.5 Å². The maximum atomic E-state index is 13.4. The van der Waals surface area contributed by atoms with Crippen molar-refractivity contribution >= 4 is 5.91 Å². The van der Waals surface area contributed by atoms with E-state index in [-0.39, 0.29) is 30.9 Å². The van der Waals surface area contributed by atoms with Crippen molar-refractivity contribution in [3.05, 3.63) is 89.5 Å². The fourth-order valence-electron chi connectivity index (χ4n) is 3.64. The average Bonchev–Trinajstić information content (AvgIpc) is 2.88. The van der Waals surface area contributed by atoms with Crippen LogP contribution in [0.15, 0.2) is 66.7 Å². The number of hydrogen-bond acceptors (Lipinski definition) is 5. The molecule has 3 rings (SSSR count). The Morgan fingerprint density at radius 1 is 0.861 bits per heavy atom. The first-order chi connectivity index (χ1) is 17.3. The van der Waals surface area contributed by atoms with Crippen LogP contribution in [0, 0.1) is 11.6 Å². The number of amides is 1. The molecule has 0 saturated carbocycles. The van der Waals surface area contributed by atoms with Crippen LogP contribution in [0.4, 0.5) is 8.78 Å². The molecular weight excluding hydrogens is 466 g/mol. The van der Waals surface area contributed by atoms with Gasteiger partial charge in [-0.15, -0.1) is 0 Å². The Balaban J connectivity index is 1.78. The van der Waals surface area contributed by atoms with E-state index in [0.29, 0.717) is 23.8 Å². The average molecular weight is 499 g/mol. The van der Waals surface area contributed by atoms with E-state index in [9.17, 15) is 13.6 Å². The molecule has 0 aliphatic rings. The van der Waals surface area contributed by atoms with Crippen molar-refractivity contribution in [1.29, 1.82) is 0 Å². The zero-order chi connectivity index (χ0) is 26.1. The molecule has 0 radical (unpaired) electrons. The van der Waals surface area contributed by atoms with Gasteiger partial charge in [0.15, 0.2) is 17.6 Å². The molecule has 0 aliphatic carbocycles. The largest absolute Gasteiger partial charge is 0.493 e. The van der Waals surface area contributed by atoms with Gasteiger partial charge < -0.3 is 19.5 Å². The van der Waals surface area contributed by atoms with Crippen LogP contribution in [-0.4, -0.2) is 43.7 Å². The standard InChI is InChI=1S/C28H32F2N2O4/c1-19(2)32(17-21-7-14-25(34-3)26(15-21)35-4)18-27(36-24-12-10-23(30)11-13-24)28(33)31-16-20-5-8-22(29)9-6-20/h5-15,19,27H,16-18H2,1-4H3,(H,31,33). The van der Waals surface area contributed by atoms with E-state index in [1.54, 1.807) is 26.4 Å². The number of benzene rings is 3. The van der Waals surface area contributed by atoms with Crippen LogP contribution < -0.4 is 19.5 Å². The zero-order valence-electron chi connectivity index (χ0n) is 21.0. The molecule has 36 heavy (non-hydrogen) atoms. The summed E-state index contributed by atoms with van der Waals surface area (Å²) in [6.07, 6.45) is -0.876. The molecule has 0 saturated heterocycles. The van der Waals surface area contributed by atoms with E-state index in [1.807, 2.05) is 32.0 Å². The molecule has 0 fully saturated rings. The van der Waals surface area contributed by atoms with Gasteiger partial charge in [0.05, 0.1) is 14.2 Å². The summed E-state index contributed by atoms with van der Waals surface area (Å²) in [4.78, 5) is 15.3. The highest BCUT2D eigenvalue weighted by molar-refractivity contribution is 5.81. The molecular formula is C28H32F2N2O4. The third-order valence-electron chi connectivity index (χ3n) is 5.73. The Morgan fingerprint density at radius 3 is 2.03 bits per heavy atom. The molecule has 1 atom stereocenters. The minimum Gasteiger partial charge on any atom is -0.493 e. The maximum absolute atomic E-state index is 13.4. The molecule has 8 heteroatoms. The molecule has 1 unspecified atom stereocenters. The van der Waals surface area contributed by atoms with Gasteiger partial charge in [-0.2, -0.15) is 0 Å². The van der Waals surface area contributed by atoms with E-state index < -0.39 is 11.9 Å². The van der Waals surface area contributed by atoms with Crippen molar-refractivity contribution in [2.45, 2.75) is 39.1 Å². The number of carbonyl (C=O) groups excluding carboxylic acids is 1. The summed E-state index contributed by atoms with van der Waals surface area (Å²) in [6.45, 7) is 5.10. The highest BCUT2D eigenvalue weighted by Crippen LogP contribution is 2.28. The molecule has 3 aromatic carbocycles. The van der Waals surface area contributed by atoms with Gasteiger partial charge in [-0.1, -0.05) is 18.2 Å². The normalized spacial score (nSPS) is 11.9. The Hall–Kier alpha value is -3.65. The van der Waals surface area contributed by atoms with Crippen molar-refractivity contribution in [3.8, 4) is 17.2 Å². The molecule has 0 spiro atoms. The van der Waals surface area contributed by atoms with Crippen LogP contribution in [0.25, 0.3) is 0 Å². The number of methoxy groups -OCH3 is 2. The molecule has 0 heterocycles. The summed E-state index contributed by atoms with van der Waals surface area (Å²) in [5.41, 5.74) is 1.74. The van der Waals surface area contributed by atoms with Crippen molar-refractivity contribution in [3.63, 3.8) is 0 Å². The van der Waals surface area contributed by atoms with Crippen LogP contribution in [0.2, 0.25) is 0 Å². The number of rotatable bonds is 12. The van der Waals surface area contributed by atoms with Crippen LogP contribution in [-0.2, 0) is 17.9 Å². The number of ether oxygens (including phenoxy) is 3. The Bertz CT molecular complexity index is 1120. The third kappa shape index (κ3) is 7.68. The van der Waals surface area contributed by atoms with Gasteiger partial charge in [0.1, 0.15) is 17.4 Å². The lowest BCUT2D eigenvalue weighted by Crippen LogP contribution is -2.47. The highest BCUT2D eigenvalue weighted by atomic mass is 19.1. The molecule has 0 aromatic heterocycles. The topological polar surface area (TPSA) is 60.0 Å². The summed E-state index contributed by atoms with van der Waals surface area (Å²) in [7, 11) is 3.17. The molecule has 1 N–H and O–H groups in total. The second-order valence-corrected chi connectivity index (χ2v) is 8.62. The van der Waals surface area contributed by atoms with Gasteiger partial charge >= 0.3 is 0 Å². The van der Waals surface area contributed by atoms with E-state index >= 15 is 0 Å². The van der Waals surface area contributed by atoms with E-state index in [1.165, 1.54) is 36.4 Å². The van der Waals surface area contributed by atoms with Crippen molar-refractivity contribution in [2.24, 2.45) is 0 Å². The Labute approximate surface area is 210 Å². The third-order valence-corrected chi connectivity index (χ3v) is 5.73. The fourth-order valence-corrected chi connectivity index (χ4v) is 3.64. The number of halogens is 2. The monoisotopic (exact) mass is 498 g/mol. The lowest BCUT2D eigenvalue weighted by Gasteiger charge is -2.30. The predicted octanol–water partition coefficient (Wildman–Crippen LogP) is 4.96. The van der Waals surface area contributed by atoms with Gasteiger partial charge in [0.2, 0.25) is 0 Å². The van der Waals surface area contributed by atoms with Crippen molar-refractivity contribution in [2.75, 3.05) is 20.8 Å². The maximum Gasteiger partial charge on any atom is 0.262 e. The zero-order valence-corrected chi connectivity index (χ0v) is 21.0. The predicted molar refractivity (Wildman–Crippen MR) is 134 cm³/mol. The second-order valence-electron chi connectivity index (χ2n) is 8.62. The molecule has 1 amide bonds. The molecule has 6 nitrogen and oxygen atoms in total. The first-order valence-electron chi connectivity index (χ1n) is 11.7. The number of carbonyl (C=O) groups is 1. The lowest BCUT2D eigenvalue weighted by atomic mass is 10.1. The Morgan fingerprint density at radius 2 is 1.44 bits per heavy atom. The van der Waals surface area contributed by atoms with Crippen molar-refractivity contribution in [1.82, 2.24) is 10.2 Å². The minimum absolute atomic E-state index is 0.0855. The summed E-state index contributed by atoms with van der Waals surface area (Å²) >= 11 is 0. The highest BCUT2D eigenvalue weighted by Gasteiger charge is 2.25. The van der Waals surface area contributed by atoms with Gasteiger partial charge in [0, 0.05) is 25.7 Å². The summed E-state index contributed by atoms with van der Waals surface area (Å²) in [5, 5.41) is 2.87. The van der Waals surface area contributed by atoms with E-state index in [0.717, 1.165) is 11.1 Å². The quantitative estimate of drug-likeness (QED) is 0.383. The number of nitrogens with one attached hydrogen (secondary N) is 1. The lowest BCUT2D eigenvalue weighted by molar-refractivity contribution is -0.129. The van der Waals surface area contributed by atoms with Crippen LogP contribution in [0.3, 0.4) is 0 Å². The molecule has 3 aromatic rings. The van der Waals surface area contributed by atoms with Crippen LogP contribution in [0.1, 0.15) is 25.0 Å². The first-order valence-corrected chi connectivity index (χ1v) is 11.7. The van der Waals surface area contributed by atoms with Crippen LogP contribution >= 0.6 is 0 Å². The summed E-state index contributed by atoms with van der Waals surface area (Å²) in [5.74, 6) is 0.571.